The quantitative estimate of drug-likeness (QED) is 0.706. The van der Waals surface area contributed by atoms with Gasteiger partial charge in [0.05, 0.1) is 11.4 Å². The predicted octanol–water partition coefficient (Wildman–Crippen LogP) is 2.86. The summed E-state index contributed by atoms with van der Waals surface area (Å²) in [5.41, 5.74) is 1.60. The van der Waals surface area contributed by atoms with Crippen LogP contribution in [0.2, 0.25) is 0 Å². The van der Waals surface area contributed by atoms with Crippen molar-refractivity contribution in [1.82, 2.24) is 9.13 Å². The first-order chi connectivity index (χ1) is 11.9. The molecule has 0 fully saturated rings. The van der Waals surface area contributed by atoms with Gasteiger partial charge in [-0.15, -0.1) is 0 Å². The molecule has 6 heteroatoms. The Kier molecular flexibility index (Phi) is 4.63. The average Bonchev–Trinajstić information content (AvgIpc) is 2.93. The molecule has 3 rings (SSSR count). The number of nitrogens with zero attached hydrogens (tertiary/aromatic N) is 2. The van der Waals surface area contributed by atoms with Crippen molar-refractivity contribution in [2.75, 3.05) is 0 Å². The van der Waals surface area contributed by atoms with Gasteiger partial charge in [-0.1, -0.05) is 48.0 Å². The summed E-state index contributed by atoms with van der Waals surface area (Å²) in [6.07, 6.45) is 1.44. The van der Waals surface area contributed by atoms with Crippen LogP contribution in [0.1, 0.15) is 18.1 Å². The van der Waals surface area contributed by atoms with Gasteiger partial charge in [0.1, 0.15) is 0 Å². The van der Waals surface area contributed by atoms with E-state index >= 15 is 0 Å². The molecular weight excluding hydrogens is 336 g/mol. The Labute approximate surface area is 147 Å². The molecule has 2 aromatic carbocycles. The molecule has 25 heavy (non-hydrogen) atoms. The summed E-state index contributed by atoms with van der Waals surface area (Å²) in [7, 11) is -3.75. The van der Waals surface area contributed by atoms with Crippen LogP contribution in [0.3, 0.4) is 0 Å². The van der Waals surface area contributed by atoms with E-state index in [0.29, 0.717) is 13.1 Å². The average molecular weight is 356 g/mol. The van der Waals surface area contributed by atoms with Gasteiger partial charge in [0, 0.05) is 12.7 Å². The molecule has 0 aliphatic carbocycles. The zero-order chi connectivity index (χ0) is 18.0. The van der Waals surface area contributed by atoms with Gasteiger partial charge >= 0.3 is 5.69 Å². The molecule has 0 saturated heterocycles. The molecule has 0 atom stereocenters. The summed E-state index contributed by atoms with van der Waals surface area (Å²) in [4.78, 5) is 12.8. The minimum absolute atomic E-state index is 0.0276. The molecule has 0 amide bonds. The molecule has 1 aromatic heterocycles. The SMILES string of the molecule is CCn1c(S(=O)(=O)c2ccc(C)cc2)cn(Cc2ccccc2)c1=O. The number of hydrogen-bond acceptors (Lipinski definition) is 3. The lowest BCUT2D eigenvalue weighted by molar-refractivity contribution is 0.572. The van der Waals surface area contributed by atoms with Crippen LogP contribution >= 0.6 is 0 Å². The third-order valence-electron chi connectivity index (χ3n) is 4.13. The maximum atomic E-state index is 13.0. The monoisotopic (exact) mass is 356 g/mol. The van der Waals surface area contributed by atoms with E-state index in [1.54, 1.807) is 31.2 Å². The standard InChI is InChI=1S/C19H20N2O3S/c1-3-21-18(25(23,24)17-11-9-15(2)10-12-17)14-20(19(21)22)13-16-7-5-4-6-8-16/h4-12,14H,3,13H2,1-2H3. The summed E-state index contributed by atoms with van der Waals surface area (Å²) < 4.78 is 28.7. The van der Waals surface area contributed by atoms with E-state index in [1.807, 2.05) is 37.3 Å². The summed E-state index contributed by atoms with van der Waals surface area (Å²) in [6, 6.07) is 16.1. The Morgan fingerprint density at radius 3 is 2.20 bits per heavy atom. The fourth-order valence-corrected chi connectivity index (χ4v) is 4.24. The van der Waals surface area contributed by atoms with E-state index < -0.39 is 9.84 Å². The highest BCUT2D eigenvalue weighted by molar-refractivity contribution is 7.91. The smallest absolute Gasteiger partial charge is 0.293 e. The highest BCUT2D eigenvalue weighted by atomic mass is 32.2. The molecule has 130 valence electrons. The van der Waals surface area contributed by atoms with Gasteiger partial charge in [0.2, 0.25) is 9.84 Å². The van der Waals surface area contributed by atoms with Crippen molar-refractivity contribution in [2.24, 2.45) is 0 Å². The summed E-state index contributed by atoms with van der Waals surface area (Å²) in [5, 5.41) is 0.0276. The second-order valence-corrected chi connectivity index (χ2v) is 7.82. The zero-order valence-electron chi connectivity index (χ0n) is 14.2. The van der Waals surface area contributed by atoms with E-state index in [2.05, 4.69) is 0 Å². The number of imidazole rings is 1. The van der Waals surface area contributed by atoms with E-state index in [1.165, 1.54) is 15.3 Å². The first kappa shape index (κ1) is 17.2. The molecule has 0 bridgehead atoms. The highest BCUT2D eigenvalue weighted by Crippen LogP contribution is 2.21. The topological polar surface area (TPSA) is 61.1 Å². The number of sulfone groups is 1. The Morgan fingerprint density at radius 2 is 1.60 bits per heavy atom. The van der Waals surface area contributed by atoms with Gasteiger partial charge in [-0.05, 0) is 31.5 Å². The lowest BCUT2D eigenvalue weighted by atomic mass is 10.2. The molecule has 0 N–H and O–H groups in total. The Hall–Kier alpha value is -2.60. The van der Waals surface area contributed by atoms with E-state index in [0.717, 1.165) is 11.1 Å². The van der Waals surface area contributed by atoms with Crippen molar-refractivity contribution in [2.45, 2.75) is 36.9 Å². The van der Waals surface area contributed by atoms with Gasteiger partial charge < -0.3 is 0 Å². The number of aromatic nitrogens is 2. The highest BCUT2D eigenvalue weighted by Gasteiger charge is 2.24. The molecule has 0 unspecified atom stereocenters. The maximum absolute atomic E-state index is 13.0. The molecule has 0 radical (unpaired) electrons. The summed E-state index contributed by atoms with van der Waals surface area (Å²) >= 11 is 0. The molecule has 1 heterocycles. The van der Waals surface area contributed by atoms with Crippen LogP contribution in [-0.2, 0) is 22.9 Å². The fourth-order valence-electron chi connectivity index (χ4n) is 2.74. The number of hydrogen-bond donors (Lipinski definition) is 0. The van der Waals surface area contributed by atoms with Crippen molar-refractivity contribution in [3.8, 4) is 0 Å². The summed E-state index contributed by atoms with van der Waals surface area (Å²) in [5.74, 6) is 0. The molecule has 0 aliphatic heterocycles. The third kappa shape index (κ3) is 3.30. The van der Waals surface area contributed by atoms with Gasteiger partial charge in [0.15, 0.2) is 5.03 Å². The first-order valence-electron chi connectivity index (χ1n) is 8.09. The van der Waals surface area contributed by atoms with Crippen LogP contribution in [0.5, 0.6) is 0 Å². The second kappa shape index (κ2) is 6.72. The number of aryl methyl sites for hydroxylation is 1. The van der Waals surface area contributed by atoms with Crippen molar-refractivity contribution in [3.05, 3.63) is 82.4 Å². The normalized spacial score (nSPS) is 11.6. The molecule has 0 saturated carbocycles. The minimum Gasteiger partial charge on any atom is -0.293 e. The Bertz CT molecular complexity index is 1030. The van der Waals surface area contributed by atoms with Crippen LogP contribution in [0.25, 0.3) is 0 Å². The van der Waals surface area contributed by atoms with Gasteiger partial charge in [-0.2, -0.15) is 0 Å². The second-order valence-electron chi connectivity index (χ2n) is 5.92. The Balaban J connectivity index is 2.09. The number of rotatable bonds is 5. The maximum Gasteiger partial charge on any atom is 0.329 e. The Morgan fingerprint density at radius 1 is 0.960 bits per heavy atom. The van der Waals surface area contributed by atoms with Crippen LogP contribution in [0.15, 0.2) is 75.5 Å². The lowest BCUT2D eigenvalue weighted by Crippen LogP contribution is -2.25. The van der Waals surface area contributed by atoms with Gasteiger partial charge in [-0.25, -0.2) is 13.2 Å². The lowest BCUT2D eigenvalue weighted by Gasteiger charge is -2.06. The van der Waals surface area contributed by atoms with Crippen molar-refractivity contribution in [1.29, 1.82) is 0 Å². The van der Waals surface area contributed by atoms with E-state index in [9.17, 15) is 13.2 Å². The summed E-state index contributed by atoms with van der Waals surface area (Å²) in [6.45, 7) is 4.29. The molecular formula is C19H20N2O3S. The van der Waals surface area contributed by atoms with Crippen LogP contribution in [0.4, 0.5) is 0 Å². The minimum atomic E-state index is -3.75. The molecule has 5 nitrogen and oxygen atoms in total. The fraction of sp³-hybridized carbons (Fsp3) is 0.211. The first-order valence-corrected chi connectivity index (χ1v) is 9.57. The predicted molar refractivity (Wildman–Crippen MR) is 96.5 cm³/mol. The zero-order valence-corrected chi connectivity index (χ0v) is 15.0. The third-order valence-corrected chi connectivity index (χ3v) is 5.90. The largest absolute Gasteiger partial charge is 0.329 e. The van der Waals surface area contributed by atoms with E-state index in [4.69, 9.17) is 0 Å². The van der Waals surface area contributed by atoms with Crippen molar-refractivity contribution < 1.29 is 8.42 Å². The van der Waals surface area contributed by atoms with Crippen LogP contribution in [0, 0.1) is 6.92 Å². The van der Waals surface area contributed by atoms with Gasteiger partial charge in [-0.3, -0.25) is 9.13 Å². The molecule has 0 aliphatic rings. The van der Waals surface area contributed by atoms with Gasteiger partial charge in [0.25, 0.3) is 0 Å². The van der Waals surface area contributed by atoms with Crippen LogP contribution < -0.4 is 5.69 Å². The molecule has 0 spiro atoms. The van der Waals surface area contributed by atoms with Crippen molar-refractivity contribution in [3.63, 3.8) is 0 Å². The molecule has 3 aromatic rings. The van der Waals surface area contributed by atoms with E-state index in [-0.39, 0.29) is 15.6 Å². The van der Waals surface area contributed by atoms with Crippen LogP contribution in [-0.4, -0.2) is 17.6 Å². The number of benzene rings is 2. The van der Waals surface area contributed by atoms with Crippen molar-refractivity contribution >= 4 is 9.84 Å².